The zero-order valence-corrected chi connectivity index (χ0v) is 19.9. The van der Waals surface area contributed by atoms with Gasteiger partial charge in [0, 0.05) is 23.3 Å². The van der Waals surface area contributed by atoms with Crippen molar-refractivity contribution in [1.82, 2.24) is 9.78 Å². The van der Waals surface area contributed by atoms with Crippen molar-refractivity contribution >= 4 is 11.6 Å². The molecule has 1 N–H and O–H groups in total. The van der Waals surface area contributed by atoms with Gasteiger partial charge in [-0.3, -0.25) is 4.79 Å². The van der Waals surface area contributed by atoms with Gasteiger partial charge < -0.3 is 19.5 Å². The van der Waals surface area contributed by atoms with Gasteiger partial charge >= 0.3 is 12.7 Å². The van der Waals surface area contributed by atoms with Crippen molar-refractivity contribution in [3.05, 3.63) is 41.2 Å². The number of anilines is 1. The largest absolute Gasteiger partial charge is 0.490 e. The Labute approximate surface area is 206 Å². The average molecular weight is 539 g/mol. The molecule has 2 aromatic rings. The molecular formula is C23H24F7N3O4. The van der Waals surface area contributed by atoms with E-state index in [4.69, 9.17) is 14.2 Å². The minimum Gasteiger partial charge on any atom is -0.490 e. The van der Waals surface area contributed by atoms with Crippen LogP contribution in [-0.2, 0) is 14.3 Å². The standard InChI is InChI=1S/C23H24F7N3O4/c1-10-16(13-4-5-14(24)17(25)18(13)36-9-12-7-35-8-12)19(37-22(10,3)23(28,29)30)20(34)31-15-6-33(21(26)27)32-11(15)2/h4-6,10,12,16,19,21H,7-9H2,1-3H3,(H,31,34)/t10-,16-,19+,22+/m0/s1. The Morgan fingerprint density at radius 3 is 2.51 bits per heavy atom. The molecule has 2 fully saturated rings. The molecule has 2 saturated heterocycles. The number of carbonyl (C=O) groups is 1. The van der Waals surface area contributed by atoms with E-state index in [1.165, 1.54) is 13.8 Å². The van der Waals surface area contributed by atoms with Crippen LogP contribution in [-0.4, -0.2) is 53.4 Å². The van der Waals surface area contributed by atoms with Gasteiger partial charge in [0.1, 0.15) is 6.10 Å². The van der Waals surface area contributed by atoms with Crippen molar-refractivity contribution < 1.29 is 49.7 Å². The van der Waals surface area contributed by atoms with Gasteiger partial charge in [-0.05, 0) is 19.9 Å². The Hall–Kier alpha value is -2.87. The van der Waals surface area contributed by atoms with Crippen molar-refractivity contribution in [2.45, 2.75) is 51.1 Å². The monoisotopic (exact) mass is 539 g/mol. The molecule has 2 aliphatic heterocycles. The van der Waals surface area contributed by atoms with Crippen LogP contribution in [0.25, 0.3) is 0 Å². The van der Waals surface area contributed by atoms with E-state index in [0.29, 0.717) is 13.2 Å². The molecule has 0 radical (unpaired) electrons. The number of aromatic nitrogens is 2. The summed E-state index contributed by atoms with van der Waals surface area (Å²) in [6.07, 6.45) is -5.99. The fourth-order valence-corrected chi connectivity index (χ4v) is 4.47. The van der Waals surface area contributed by atoms with E-state index in [2.05, 4.69) is 10.4 Å². The third-order valence-corrected chi connectivity index (χ3v) is 6.91. The first kappa shape index (κ1) is 27.2. The molecule has 204 valence electrons. The van der Waals surface area contributed by atoms with Gasteiger partial charge in [0.2, 0.25) is 5.82 Å². The molecule has 4 rings (SSSR count). The second-order valence-electron chi connectivity index (χ2n) is 9.33. The van der Waals surface area contributed by atoms with Crippen LogP contribution < -0.4 is 10.1 Å². The molecule has 0 bridgehead atoms. The van der Waals surface area contributed by atoms with Crippen molar-refractivity contribution in [3.8, 4) is 5.75 Å². The molecule has 0 unspecified atom stereocenters. The van der Waals surface area contributed by atoms with E-state index in [1.807, 2.05) is 0 Å². The lowest BCUT2D eigenvalue weighted by Crippen LogP contribution is -2.47. The predicted octanol–water partition coefficient (Wildman–Crippen LogP) is 4.97. The molecule has 3 heterocycles. The maximum Gasteiger partial charge on any atom is 0.417 e. The molecule has 14 heteroatoms. The number of carbonyl (C=O) groups excluding carboxylic acids is 1. The molecule has 0 saturated carbocycles. The summed E-state index contributed by atoms with van der Waals surface area (Å²) in [6.45, 7) is 0.775. The van der Waals surface area contributed by atoms with E-state index < -0.39 is 59.6 Å². The second-order valence-corrected chi connectivity index (χ2v) is 9.33. The van der Waals surface area contributed by atoms with Crippen LogP contribution in [0.5, 0.6) is 5.75 Å². The fraction of sp³-hybridized carbons (Fsp3) is 0.565. The second kappa shape index (κ2) is 9.78. The average Bonchev–Trinajstić information content (AvgIpc) is 3.28. The summed E-state index contributed by atoms with van der Waals surface area (Å²) >= 11 is 0. The Bertz CT molecular complexity index is 1170. The van der Waals surface area contributed by atoms with Gasteiger partial charge in [-0.25, -0.2) is 9.07 Å². The lowest BCUT2D eigenvalue weighted by atomic mass is 9.77. The molecule has 1 amide bonds. The third-order valence-electron chi connectivity index (χ3n) is 6.91. The lowest BCUT2D eigenvalue weighted by molar-refractivity contribution is -0.272. The van der Waals surface area contributed by atoms with E-state index >= 15 is 0 Å². The third kappa shape index (κ3) is 4.88. The summed E-state index contributed by atoms with van der Waals surface area (Å²) in [5.41, 5.74) is -3.24. The Morgan fingerprint density at radius 1 is 1.30 bits per heavy atom. The number of nitrogens with one attached hydrogen (secondary N) is 1. The van der Waals surface area contributed by atoms with Crippen molar-refractivity contribution in [2.24, 2.45) is 11.8 Å². The van der Waals surface area contributed by atoms with Crippen LogP contribution in [0.3, 0.4) is 0 Å². The van der Waals surface area contributed by atoms with Crippen molar-refractivity contribution in [1.29, 1.82) is 0 Å². The number of rotatable bonds is 7. The molecular weight excluding hydrogens is 515 g/mol. The summed E-state index contributed by atoms with van der Waals surface area (Å²) in [7, 11) is 0. The SMILES string of the molecule is Cc1nn(C(F)F)cc1NC(=O)[C@@H]1O[C@@](C)(C(F)(F)F)[C@@H](C)[C@H]1c1ccc(F)c(F)c1OCC1COC1. The van der Waals surface area contributed by atoms with Gasteiger partial charge in [0.15, 0.2) is 17.2 Å². The highest BCUT2D eigenvalue weighted by molar-refractivity contribution is 5.95. The number of amides is 1. The molecule has 2 aliphatic rings. The van der Waals surface area contributed by atoms with Gasteiger partial charge in [-0.15, -0.1) is 0 Å². The van der Waals surface area contributed by atoms with Crippen LogP contribution in [0.4, 0.5) is 36.4 Å². The first-order valence-electron chi connectivity index (χ1n) is 11.3. The summed E-state index contributed by atoms with van der Waals surface area (Å²) in [5, 5.41) is 5.83. The number of hydrogen-bond acceptors (Lipinski definition) is 5. The quantitative estimate of drug-likeness (QED) is 0.504. The van der Waals surface area contributed by atoms with Crippen LogP contribution in [0.1, 0.15) is 37.6 Å². The Morgan fingerprint density at radius 2 is 1.97 bits per heavy atom. The fourth-order valence-electron chi connectivity index (χ4n) is 4.47. The van der Waals surface area contributed by atoms with Gasteiger partial charge in [-0.1, -0.05) is 13.0 Å². The van der Waals surface area contributed by atoms with Crippen molar-refractivity contribution in [3.63, 3.8) is 0 Å². The predicted molar refractivity (Wildman–Crippen MR) is 114 cm³/mol. The first-order chi connectivity index (χ1) is 17.2. The molecule has 1 aromatic carbocycles. The minimum atomic E-state index is -4.95. The van der Waals surface area contributed by atoms with Crippen LogP contribution in [0.2, 0.25) is 0 Å². The van der Waals surface area contributed by atoms with E-state index in [-0.39, 0.29) is 34.2 Å². The van der Waals surface area contributed by atoms with Crippen molar-refractivity contribution in [2.75, 3.05) is 25.1 Å². The summed E-state index contributed by atoms with van der Waals surface area (Å²) in [5.74, 6) is -7.47. The smallest absolute Gasteiger partial charge is 0.417 e. The summed E-state index contributed by atoms with van der Waals surface area (Å²) in [4.78, 5) is 13.2. The van der Waals surface area contributed by atoms with E-state index in [0.717, 1.165) is 25.3 Å². The first-order valence-corrected chi connectivity index (χ1v) is 11.3. The van der Waals surface area contributed by atoms with Crippen LogP contribution in [0.15, 0.2) is 18.3 Å². The molecule has 0 aliphatic carbocycles. The number of alkyl halides is 5. The number of hydrogen-bond donors (Lipinski definition) is 1. The van der Waals surface area contributed by atoms with Gasteiger partial charge in [0.05, 0.1) is 37.4 Å². The van der Waals surface area contributed by atoms with E-state index in [1.54, 1.807) is 0 Å². The van der Waals surface area contributed by atoms with Crippen LogP contribution >= 0.6 is 0 Å². The Kier molecular flexibility index (Phi) is 7.18. The molecule has 4 atom stereocenters. The summed E-state index contributed by atoms with van der Waals surface area (Å²) < 4.78 is 113. The number of aryl methyl sites for hydroxylation is 1. The highest BCUT2D eigenvalue weighted by atomic mass is 19.4. The van der Waals surface area contributed by atoms with Crippen LogP contribution in [0, 0.1) is 30.4 Å². The summed E-state index contributed by atoms with van der Waals surface area (Å²) in [6, 6.07) is 1.78. The number of halogens is 7. The topological polar surface area (TPSA) is 74.6 Å². The number of benzene rings is 1. The molecule has 1 aromatic heterocycles. The van der Waals surface area contributed by atoms with Gasteiger partial charge in [0.25, 0.3) is 5.91 Å². The number of ether oxygens (including phenoxy) is 3. The molecule has 37 heavy (non-hydrogen) atoms. The normalized spacial score (nSPS) is 26.4. The zero-order valence-electron chi connectivity index (χ0n) is 19.9. The maximum absolute atomic E-state index is 14.9. The zero-order chi connectivity index (χ0) is 27.3. The van der Waals surface area contributed by atoms with E-state index in [9.17, 15) is 35.5 Å². The highest BCUT2D eigenvalue weighted by Gasteiger charge is 2.66. The molecule has 0 spiro atoms. The minimum absolute atomic E-state index is 0.0191. The highest BCUT2D eigenvalue weighted by Crippen LogP contribution is 2.55. The maximum atomic E-state index is 14.9. The number of nitrogens with zero attached hydrogens (tertiary/aromatic N) is 2. The van der Waals surface area contributed by atoms with Gasteiger partial charge in [-0.2, -0.15) is 31.4 Å². The molecule has 7 nitrogen and oxygen atoms in total. The Balaban J connectivity index is 1.74. The lowest BCUT2D eigenvalue weighted by Gasteiger charge is -2.32.